The van der Waals surface area contributed by atoms with Crippen LogP contribution >= 0.6 is 0 Å². The third-order valence-electron chi connectivity index (χ3n) is 6.78. The monoisotopic (exact) mass is 366 g/mol. The van der Waals surface area contributed by atoms with Crippen molar-refractivity contribution in [3.63, 3.8) is 0 Å². The highest BCUT2D eigenvalue weighted by molar-refractivity contribution is 5.70. The van der Waals surface area contributed by atoms with Gasteiger partial charge >= 0.3 is 0 Å². The summed E-state index contributed by atoms with van der Waals surface area (Å²) in [7, 11) is 0. The van der Waals surface area contributed by atoms with Crippen LogP contribution in [0.15, 0.2) is 84.0 Å². The molecule has 4 aliphatic carbocycles. The van der Waals surface area contributed by atoms with Crippen LogP contribution < -0.4 is 0 Å². The summed E-state index contributed by atoms with van der Waals surface area (Å²) in [5.74, 6) is 20.6. The standard InChI is InChI=1S/C29H18/c1-3-10-24-14-16-26-27(29-19-6-5-18-28(26,29)20-7-21-29)17-15-25-11-4-2-9-23(25)13-12-22(24)8-1/h1-6,8-11,18-19H,7,20-21H2. The molecule has 0 heterocycles. The first-order chi connectivity index (χ1) is 14.3. The van der Waals surface area contributed by atoms with E-state index in [0.29, 0.717) is 0 Å². The third-order valence-corrected chi connectivity index (χ3v) is 6.78. The molecule has 0 saturated heterocycles. The van der Waals surface area contributed by atoms with E-state index in [2.05, 4.69) is 84.1 Å². The summed E-state index contributed by atoms with van der Waals surface area (Å²) in [5.41, 5.74) is 6.40. The van der Waals surface area contributed by atoms with Crippen molar-refractivity contribution in [3.8, 4) is 35.5 Å². The third kappa shape index (κ3) is 2.14. The molecule has 2 aromatic carbocycles. The van der Waals surface area contributed by atoms with E-state index in [9.17, 15) is 0 Å². The number of hydrogen-bond acceptors (Lipinski definition) is 0. The van der Waals surface area contributed by atoms with Gasteiger partial charge in [-0.1, -0.05) is 90.5 Å². The van der Waals surface area contributed by atoms with Crippen LogP contribution in [-0.4, -0.2) is 0 Å². The Labute approximate surface area is 172 Å². The summed E-state index contributed by atoms with van der Waals surface area (Å²) in [4.78, 5) is 0. The summed E-state index contributed by atoms with van der Waals surface area (Å²) >= 11 is 0. The van der Waals surface area contributed by atoms with Crippen LogP contribution in [-0.2, 0) is 0 Å². The van der Waals surface area contributed by atoms with Gasteiger partial charge in [-0.3, -0.25) is 0 Å². The summed E-state index contributed by atoms with van der Waals surface area (Å²) in [6.07, 6.45) is 12.6. The molecule has 0 radical (unpaired) electrons. The minimum absolute atomic E-state index is 0.0308. The topological polar surface area (TPSA) is 0 Å². The Hall–Kier alpha value is -3.66. The van der Waals surface area contributed by atoms with Crippen molar-refractivity contribution in [2.24, 2.45) is 10.8 Å². The highest BCUT2D eigenvalue weighted by Gasteiger charge is 2.64. The van der Waals surface area contributed by atoms with Crippen molar-refractivity contribution >= 4 is 0 Å². The molecule has 0 aromatic heterocycles. The molecule has 2 atom stereocenters. The first-order valence-corrected chi connectivity index (χ1v) is 10.2. The van der Waals surface area contributed by atoms with Gasteiger partial charge in [0.25, 0.3) is 0 Å². The number of fused-ring (bicyclic) bond motifs is 2. The van der Waals surface area contributed by atoms with E-state index < -0.39 is 0 Å². The lowest BCUT2D eigenvalue weighted by molar-refractivity contribution is 0.232. The molecule has 0 bridgehead atoms. The molecule has 0 spiro atoms. The molecule has 0 aliphatic heterocycles. The maximum absolute atomic E-state index is 3.55. The molecule has 0 heteroatoms. The van der Waals surface area contributed by atoms with Crippen LogP contribution in [0.3, 0.4) is 0 Å². The van der Waals surface area contributed by atoms with Crippen molar-refractivity contribution in [1.82, 2.24) is 0 Å². The Bertz CT molecular complexity index is 1240. The van der Waals surface area contributed by atoms with E-state index >= 15 is 0 Å². The highest BCUT2D eigenvalue weighted by atomic mass is 14.6. The average molecular weight is 366 g/mol. The lowest BCUT2D eigenvalue weighted by atomic mass is 9.47. The maximum atomic E-state index is 3.55. The zero-order chi connectivity index (χ0) is 19.3. The predicted octanol–water partition coefficient (Wildman–Crippen LogP) is 5.40. The van der Waals surface area contributed by atoms with E-state index in [1.165, 1.54) is 17.6 Å². The molecule has 6 rings (SSSR count). The first-order valence-electron chi connectivity index (χ1n) is 10.2. The molecule has 0 nitrogen and oxygen atoms in total. The Kier molecular flexibility index (Phi) is 3.33. The van der Waals surface area contributed by atoms with Gasteiger partial charge in [0.05, 0.1) is 0 Å². The van der Waals surface area contributed by atoms with Crippen LogP contribution in [0.4, 0.5) is 0 Å². The van der Waals surface area contributed by atoms with Gasteiger partial charge in [0, 0.05) is 44.2 Å². The van der Waals surface area contributed by atoms with Gasteiger partial charge in [0.2, 0.25) is 0 Å². The van der Waals surface area contributed by atoms with Gasteiger partial charge in [-0.25, -0.2) is 0 Å². The van der Waals surface area contributed by atoms with Crippen molar-refractivity contribution < 1.29 is 0 Å². The van der Waals surface area contributed by atoms with E-state index in [1.807, 2.05) is 24.3 Å². The SMILES string of the molecule is C1#Cc2ccccc2C#Cc2ccccc2C#CC2=C1C13C=CC=CC21CCC3. The second-order valence-corrected chi connectivity index (χ2v) is 8.11. The molecular weight excluding hydrogens is 348 g/mol. The Morgan fingerprint density at radius 2 is 0.897 bits per heavy atom. The average Bonchev–Trinajstić information content (AvgIpc) is 3.10. The fourth-order valence-electron chi connectivity index (χ4n) is 5.39. The fourth-order valence-corrected chi connectivity index (χ4v) is 5.39. The minimum atomic E-state index is 0.0308. The normalized spacial score (nSPS) is 26.8. The van der Waals surface area contributed by atoms with E-state index in [0.717, 1.165) is 35.1 Å². The number of rotatable bonds is 0. The molecule has 4 aliphatic rings. The Morgan fingerprint density at radius 3 is 1.31 bits per heavy atom. The molecule has 2 unspecified atom stereocenters. The minimum Gasteiger partial charge on any atom is -0.0721 e. The zero-order valence-electron chi connectivity index (χ0n) is 16.0. The highest BCUT2D eigenvalue weighted by Crippen LogP contribution is 2.71. The van der Waals surface area contributed by atoms with Gasteiger partial charge < -0.3 is 0 Å². The summed E-state index contributed by atoms with van der Waals surface area (Å²) in [6, 6.07) is 16.3. The van der Waals surface area contributed by atoms with E-state index in [1.54, 1.807) is 0 Å². The number of allylic oxidation sites excluding steroid dienone is 6. The van der Waals surface area contributed by atoms with E-state index in [-0.39, 0.29) is 10.8 Å². The van der Waals surface area contributed by atoms with Crippen molar-refractivity contribution in [2.45, 2.75) is 19.3 Å². The molecular formula is C29H18. The zero-order valence-corrected chi connectivity index (χ0v) is 16.0. The predicted molar refractivity (Wildman–Crippen MR) is 117 cm³/mol. The smallest absolute Gasteiger partial charge is 0.0405 e. The van der Waals surface area contributed by atoms with Crippen LogP contribution in [0.5, 0.6) is 0 Å². The van der Waals surface area contributed by atoms with Crippen molar-refractivity contribution in [2.75, 3.05) is 0 Å². The van der Waals surface area contributed by atoms with Crippen LogP contribution in [0.25, 0.3) is 0 Å². The van der Waals surface area contributed by atoms with Gasteiger partial charge in [0.1, 0.15) is 0 Å². The molecule has 1 fully saturated rings. The Morgan fingerprint density at radius 1 is 0.517 bits per heavy atom. The first kappa shape index (κ1) is 16.3. The van der Waals surface area contributed by atoms with Gasteiger partial charge in [-0.2, -0.15) is 0 Å². The summed E-state index contributed by atoms with van der Waals surface area (Å²) in [5, 5.41) is 0. The molecule has 134 valence electrons. The van der Waals surface area contributed by atoms with Crippen LogP contribution in [0.1, 0.15) is 41.5 Å². The largest absolute Gasteiger partial charge is 0.0721 e. The van der Waals surface area contributed by atoms with Crippen molar-refractivity contribution in [3.05, 3.63) is 106 Å². The lowest BCUT2D eigenvalue weighted by Gasteiger charge is -2.54. The molecule has 0 amide bonds. The molecule has 0 N–H and O–H groups in total. The number of hydrogen-bond donors (Lipinski definition) is 0. The maximum Gasteiger partial charge on any atom is 0.0405 e. The van der Waals surface area contributed by atoms with Gasteiger partial charge in [0.15, 0.2) is 0 Å². The second kappa shape index (κ2) is 5.92. The van der Waals surface area contributed by atoms with E-state index in [4.69, 9.17) is 0 Å². The van der Waals surface area contributed by atoms with Crippen LogP contribution in [0.2, 0.25) is 0 Å². The Balaban J connectivity index is 1.66. The fraction of sp³-hybridized carbons (Fsp3) is 0.172. The van der Waals surface area contributed by atoms with Crippen molar-refractivity contribution in [1.29, 1.82) is 0 Å². The summed E-state index contributed by atoms with van der Waals surface area (Å²) in [6.45, 7) is 0. The number of benzene rings is 2. The molecule has 29 heavy (non-hydrogen) atoms. The van der Waals surface area contributed by atoms with Gasteiger partial charge in [-0.05, 0) is 37.1 Å². The van der Waals surface area contributed by atoms with Gasteiger partial charge in [-0.15, -0.1) is 0 Å². The second-order valence-electron chi connectivity index (χ2n) is 8.11. The molecule has 1 saturated carbocycles. The van der Waals surface area contributed by atoms with Crippen LogP contribution in [0, 0.1) is 46.4 Å². The molecule has 2 aromatic rings. The summed E-state index contributed by atoms with van der Waals surface area (Å²) < 4.78 is 0. The lowest BCUT2D eigenvalue weighted by Crippen LogP contribution is -2.48. The quantitative estimate of drug-likeness (QED) is 0.548.